The second-order valence-electron chi connectivity index (χ2n) is 21.8. The first-order chi connectivity index (χ1) is 40.1. The third-order valence-electron chi connectivity index (χ3n) is 14.7. The van der Waals surface area contributed by atoms with Gasteiger partial charge < -0.3 is 85.5 Å². The van der Waals surface area contributed by atoms with E-state index in [-0.39, 0.29) is 102 Å². The Morgan fingerprint density at radius 3 is 1.93 bits per heavy atom. The largest absolute Gasteiger partial charge is 0.480 e. The number of hydrogen-bond acceptors (Lipinski definition) is 15. The smallest absolute Gasteiger partial charge is 0.326 e. The third-order valence-corrected chi connectivity index (χ3v) is 14.7. The van der Waals surface area contributed by atoms with Crippen molar-refractivity contribution in [1.82, 2.24) is 52.3 Å². The van der Waals surface area contributed by atoms with Gasteiger partial charge in [-0.1, -0.05) is 76.1 Å². The summed E-state index contributed by atoms with van der Waals surface area (Å²) in [6.45, 7) is 4.70. The highest BCUT2D eigenvalue weighted by Crippen LogP contribution is 2.23. The molecule has 0 radical (unpaired) electrons. The van der Waals surface area contributed by atoms with Crippen molar-refractivity contribution >= 4 is 71.0 Å². The standard InChI is InChI=1S/C56H89N15O13/c1-4-5-19-39(54(82)71-28-15-24-44(71)53(81)68-41(55(83)84)30-34-16-7-6-8-17-34)66-52(80)43-23-14-27-70(43)45(73)31-62-47(75)36(21-11-12-25-57)64-48(76)37-20-10-9-18-35(58)46(74)63-38(22-13-26-61-56(59)60)49(77)67-40(29-33(2)3)50(78)69-42(32-72)51(79)65-37/h6-10,16-17,33,35-44,72H,4-5,11-15,18-32,57-58H2,1-3H3,(H,62,75)(H,63,74)(H,64,76)(H,65,79)(H,66,80)(H,67,77)(H,68,81)(H,69,78)(H,83,84)(H4,59,60,61)/b10-9-/t35-,36-,37-,38-,39-,40-,41-,42-,43-,44-/m0/s1. The molecule has 0 bridgehead atoms. The summed E-state index contributed by atoms with van der Waals surface area (Å²) in [6, 6.07) is -3.51. The molecular weight excluding hydrogens is 1090 g/mol. The van der Waals surface area contributed by atoms with E-state index < -0.39 is 139 Å². The predicted octanol–water partition coefficient (Wildman–Crippen LogP) is -3.11. The van der Waals surface area contributed by atoms with Gasteiger partial charge in [0.25, 0.3) is 0 Å². The van der Waals surface area contributed by atoms with Crippen LogP contribution in [0.1, 0.15) is 123 Å². The molecule has 2 fully saturated rings. The van der Waals surface area contributed by atoms with E-state index in [1.54, 1.807) is 44.2 Å². The van der Waals surface area contributed by atoms with Gasteiger partial charge in [0.1, 0.15) is 54.4 Å². The van der Waals surface area contributed by atoms with Gasteiger partial charge in [0.2, 0.25) is 59.1 Å². The fourth-order valence-corrected chi connectivity index (χ4v) is 10.1. The minimum atomic E-state index is -1.63. The number of rotatable bonds is 27. The summed E-state index contributed by atoms with van der Waals surface area (Å²) in [5.74, 6) is -8.88. The second kappa shape index (κ2) is 35.4. The number of amides is 10. The molecule has 4 rings (SSSR count). The number of guanidine groups is 1. The molecule has 0 saturated carbocycles. The van der Waals surface area contributed by atoms with Crippen LogP contribution in [-0.2, 0) is 59.2 Å². The minimum Gasteiger partial charge on any atom is -0.480 e. The van der Waals surface area contributed by atoms with E-state index in [0.717, 1.165) is 0 Å². The van der Waals surface area contributed by atoms with Crippen molar-refractivity contribution in [1.29, 1.82) is 0 Å². The van der Waals surface area contributed by atoms with Crippen LogP contribution >= 0.6 is 0 Å². The predicted molar refractivity (Wildman–Crippen MR) is 309 cm³/mol. The quantitative estimate of drug-likeness (QED) is 0.0180. The Morgan fingerprint density at radius 2 is 1.30 bits per heavy atom. The SMILES string of the molecule is CCCC[C@H](NC(=O)[C@@H]1CCCN1C(=O)CNC(=O)[C@H](CCCCN)NC(=O)[C@@H]1C/C=C\C[C@H](N)C(=O)N[C@@H](CCCN=C(N)N)C(=O)N[C@@H](CC(C)C)C(=O)N[C@@H](CO)C(=O)N1)C(=O)N1CCC[C@H]1C(=O)N[C@@H](Cc1ccccc1)C(=O)O. The Balaban J connectivity index is 1.47. The number of benzene rings is 1. The molecule has 84 heavy (non-hydrogen) atoms. The van der Waals surface area contributed by atoms with E-state index in [4.69, 9.17) is 22.9 Å². The molecule has 28 nitrogen and oxygen atoms in total. The number of carbonyl (C=O) groups excluding carboxylic acids is 10. The average molecular weight is 1180 g/mol. The zero-order valence-electron chi connectivity index (χ0n) is 48.5. The molecule has 10 amide bonds. The summed E-state index contributed by atoms with van der Waals surface area (Å²) in [5, 5.41) is 41.2. The van der Waals surface area contributed by atoms with Gasteiger partial charge in [-0.15, -0.1) is 0 Å². The van der Waals surface area contributed by atoms with Crippen LogP contribution in [0.3, 0.4) is 0 Å². The van der Waals surface area contributed by atoms with E-state index in [2.05, 4.69) is 47.5 Å². The van der Waals surface area contributed by atoms with Gasteiger partial charge in [0, 0.05) is 26.1 Å². The molecule has 3 aliphatic rings. The van der Waals surface area contributed by atoms with E-state index in [0.29, 0.717) is 44.1 Å². The first kappa shape index (κ1) is 68.8. The number of aliphatic imine (C=N–C) groups is 1. The maximum Gasteiger partial charge on any atom is 0.326 e. The Labute approximate surface area is 490 Å². The van der Waals surface area contributed by atoms with E-state index >= 15 is 0 Å². The number of aliphatic hydroxyl groups excluding tert-OH is 1. The van der Waals surface area contributed by atoms with Crippen molar-refractivity contribution in [3.05, 3.63) is 48.0 Å². The first-order valence-electron chi connectivity index (χ1n) is 29.1. The van der Waals surface area contributed by atoms with Crippen LogP contribution in [0.15, 0.2) is 47.5 Å². The fraction of sp³-hybridized carbons (Fsp3) is 0.643. The van der Waals surface area contributed by atoms with Crippen LogP contribution in [0.5, 0.6) is 0 Å². The number of likely N-dealkylation sites (tertiary alicyclic amines) is 2. The summed E-state index contributed by atoms with van der Waals surface area (Å²) in [6.07, 6.45) is 6.71. The lowest BCUT2D eigenvalue weighted by molar-refractivity contribution is -0.145. The zero-order valence-corrected chi connectivity index (χ0v) is 48.5. The molecule has 3 heterocycles. The summed E-state index contributed by atoms with van der Waals surface area (Å²) in [7, 11) is 0. The number of hydrogen-bond donors (Lipinski definition) is 14. The van der Waals surface area contributed by atoms with Crippen molar-refractivity contribution in [2.45, 2.75) is 184 Å². The summed E-state index contributed by atoms with van der Waals surface area (Å²) < 4.78 is 0. The highest BCUT2D eigenvalue weighted by atomic mass is 16.4. The Hall–Kier alpha value is -7.72. The molecule has 0 spiro atoms. The lowest BCUT2D eigenvalue weighted by Crippen LogP contribution is -2.60. The number of aliphatic carboxylic acids is 1. The maximum atomic E-state index is 14.2. The van der Waals surface area contributed by atoms with Crippen molar-refractivity contribution in [2.75, 3.05) is 39.3 Å². The molecule has 3 aliphatic heterocycles. The minimum absolute atomic E-state index is 0.0285. The monoisotopic (exact) mass is 1180 g/mol. The molecule has 1 aromatic rings. The highest BCUT2D eigenvalue weighted by Gasteiger charge is 2.42. The molecule has 0 aromatic heterocycles. The van der Waals surface area contributed by atoms with Gasteiger partial charge in [-0.25, -0.2) is 4.79 Å². The average Bonchev–Trinajstić information content (AvgIpc) is 4.36. The topological polar surface area (TPSA) is 447 Å². The van der Waals surface area contributed by atoms with Gasteiger partial charge >= 0.3 is 5.97 Å². The van der Waals surface area contributed by atoms with Crippen LogP contribution in [0.2, 0.25) is 0 Å². The van der Waals surface area contributed by atoms with Crippen LogP contribution < -0.4 is 65.5 Å². The van der Waals surface area contributed by atoms with Gasteiger partial charge in [0.05, 0.1) is 19.2 Å². The van der Waals surface area contributed by atoms with Gasteiger partial charge in [-0.05, 0) is 101 Å². The van der Waals surface area contributed by atoms with Crippen molar-refractivity contribution in [3.63, 3.8) is 0 Å². The lowest BCUT2D eigenvalue weighted by Gasteiger charge is -2.31. The van der Waals surface area contributed by atoms with Crippen molar-refractivity contribution < 1.29 is 63.0 Å². The second-order valence-corrected chi connectivity index (χ2v) is 21.8. The fourth-order valence-electron chi connectivity index (χ4n) is 10.1. The Morgan fingerprint density at radius 1 is 0.714 bits per heavy atom. The number of nitrogens with two attached hydrogens (primary N) is 4. The Bertz CT molecular complexity index is 2480. The molecule has 18 N–H and O–H groups in total. The zero-order chi connectivity index (χ0) is 61.9. The number of carbonyl (C=O) groups is 11. The molecule has 466 valence electrons. The molecule has 1 aromatic carbocycles. The molecule has 0 unspecified atom stereocenters. The molecule has 10 atom stereocenters. The van der Waals surface area contributed by atoms with Gasteiger partial charge in [0.15, 0.2) is 5.96 Å². The van der Waals surface area contributed by atoms with Crippen LogP contribution in [0.4, 0.5) is 0 Å². The number of carboxylic acids is 1. The van der Waals surface area contributed by atoms with E-state index in [1.807, 2.05) is 6.92 Å². The highest BCUT2D eigenvalue weighted by molar-refractivity contribution is 5.99. The molecule has 0 aliphatic carbocycles. The van der Waals surface area contributed by atoms with E-state index in [1.165, 1.54) is 22.0 Å². The summed E-state index contributed by atoms with van der Waals surface area (Å²) >= 11 is 0. The van der Waals surface area contributed by atoms with Crippen LogP contribution in [0.25, 0.3) is 0 Å². The number of nitrogens with one attached hydrogen (secondary N) is 8. The number of carboxylic acid groups (broad SMARTS) is 1. The molecular formula is C56H89N15O13. The summed E-state index contributed by atoms with van der Waals surface area (Å²) in [4.78, 5) is 157. The normalized spacial score (nSPS) is 23.1. The number of nitrogens with zero attached hydrogens (tertiary/aromatic N) is 3. The van der Waals surface area contributed by atoms with Crippen molar-refractivity contribution in [2.24, 2.45) is 33.8 Å². The number of unbranched alkanes of at least 4 members (excludes halogenated alkanes) is 2. The molecule has 2 saturated heterocycles. The van der Waals surface area contributed by atoms with Crippen LogP contribution in [-0.4, -0.2) is 191 Å². The third kappa shape index (κ3) is 22.1. The molecule has 28 heteroatoms. The van der Waals surface area contributed by atoms with Gasteiger partial charge in [-0.2, -0.15) is 0 Å². The number of aliphatic hydroxyl groups is 1. The van der Waals surface area contributed by atoms with Gasteiger partial charge in [-0.3, -0.25) is 52.9 Å². The van der Waals surface area contributed by atoms with Crippen molar-refractivity contribution in [3.8, 4) is 0 Å². The van der Waals surface area contributed by atoms with E-state index in [9.17, 15) is 63.0 Å². The lowest BCUT2D eigenvalue weighted by atomic mass is 10.0. The van der Waals surface area contributed by atoms with Crippen LogP contribution in [0, 0.1) is 5.92 Å². The Kier molecular flexibility index (Phi) is 29.0. The maximum absolute atomic E-state index is 14.2. The summed E-state index contributed by atoms with van der Waals surface area (Å²) in [5.41, 5.74) is 23.6. The first-order valence-corrected chi connectivity index (χ1v) is 29.1.